The number of hydrogen-bond donors (Lipinski definition) is 1. The van der Waals surface area contributed by atoms with Crippen molar-refractivity contribution in [1.29, 1.82) is 0 Å². The van der Waals surface area contributed by atoms with Crippen LogP contribution >= 0.6 is 12.4 Å². The van der Waals surface area contributed by atoms with Crippen molar-refractivity contribution in [2.24, 2.45) is 17.8 Å². The maximum absolute atomic E-state index is 13.3. The third-order valence-corrected chi connectivity index (χ3v) is 7.18. The summed E-state index contributed by atoms with van der Waals surface area (Å²) >= 11 is 0. The summed E-state index contributed by atoms with van der Waals surface area (Å²) < 4.78 is 11.5. The third-order valence-electron chi connectivity index (χ3n) is 7.18. The molecule has 4 aliphatic rings. The molecule has 6 nitrogen and oxygen atoms in total. The van der Waals surface area contributed by atoms with Gasteiger partial charge in [0.05, 0.1) is 6.61 Å². The Hall–Kier alpha value is -1.37. The van der Waals surface area contributed by atoms with E-state index in [9.17, 15) is 4.79 Å². The number of carbonyl (C=O) groups excluding carboxylic acids is 1. The summed E-state index contributed by atoms with van der Waals surface area (Å²) in [7, 11) is 0. The van der Waals surface area contributed by atoms with Crippen molar-refractivity contribution in [2.45, 2.75) is 44.4 Å². The fraction of sp³-hybridized carbons (Fsp3) is 0.739. The Bertz CT molecular complexity index is 722. The topological polar surface area (TPSA) is 63.7 Å². The van der Waals surface area contributed by atoms with E-state index in [4.69, 9.17) is 14.5 Å². The monoisotopic (exact) mass is 435 g/mol. The van der Waals surface area contributed by atoms with Gasteiger partial charge in [0.2, 0.25) is 5.88 Å². The normalized spacial score (nSPS) is 27.1. The summed E-state index contributed by atoms with van der Waals surface area (Å²) in [5.41, 5.74) is 1.79. The molecular formula is C23H34ClN3O3. The highest BCUT2D eigenvalue weighted by atomic mass is 35.5. The number of carbonyl (C=O) groups is 1. The predicted octanol–water partition coefficient (Wildman–Crippen LogP) is 3.26. The molecule has 0 unspecified atom stereocenters. The SMILES string of the molecule is Cl.O=C(c1cc(OCC2CCOCC2)nc(C2CC2)c1)N1CC[C@@H]2CNC[C@@H]2CC1. The maximum Gasteiger partial charge on any atom is 0.254 e. The average molecular weight is 436 g/mol. The molecule has 4 fully saturated rings. The molecule has 30 heavy (non-hydrogen) atoms. The Balaban J connectivity index is 0.00000218. The van der Waals surface area contributed by atoms with Gasteiger partial charge >= 0.3 is 0 Å². The lowest BCUT2D eigenvalue weighted by molar-refractivity contribution is 0.0490. The quantitative estimate of drug-likeness (QED) is 0.769. The smallest absolute Gasteiger partial charge is 0.254 e. The number of likely N-dealkylation sites (tertiary alicyclic amines) is 1. The molecule has 1 aromatic heterocycles. The van der Waals surface area contributed by atoms with E-state index in [0.29, 0.717) is 24.3 Å². The number of rotatable bonds is 5. The van der Waals surface area contributed by atoms with Crippen LogP contribution in [0.5, 0.6) is 5.88 Å². The second-order valence-electron chi connectivity index (χ2n) is 9.31. The molecule has 166 valence electrons. The molecule has 0 spiro atoms. The van der Waals surface area contributed by atoms with Crippen LogP contribution in [-0.4, -0.2) is 61.8 Å². The van der Waals surface area contributed by atoms with E-state index in [1.54, 1.807) is 0 Å². The lowest BCUT2D eigenvalue weighted by atomic mass is 9.92. The van der Waals surface area contributed by atoms with Gasteiger partial charge in [-0.05, 0) is 75.4 Å². The number of nitrogens with zero attached hydrogens (tertiary/aromatic N) is 2. The number of ether oxygens (including phenoxy) is 2. The Kier molecular flexibility index (Phi) is 7.16. The summed E-state index contributed by atoms with van der Waals surface area (Å²) in [5, 5.41) is 3.51. The minimum Gasteiger partial charge on any atom is -0.477 e. The van der Waals surface area contributed by atoms with Gasteiger partial charge in [-0.25, -0.2) is 4.98 Å². The molecule has 1 aliphatic carbocycles. The van der Waals surface area contributed by atoms with Crippen LogP contribution in [0.2, 0.25) is 0 Å². The lowest BCUT2D eigenvalue weighted by Gasteiger charge is -2.23. The Morgan fingerprint density at radius 3 is 2.43 bits per heavy atom. The van der Waals surface area contributed by atoms with Gasteiger partial charge in [0, 0.05) is 49.5 Å². The molecule has 1 saturated carbocycles. The molecule has 7 heteroatoms. The van der Waals surface area contributed by atoms with Gasteiger partial charge in [-0.15, -0.1) is 12.4 Å². The minimum absolute atomic E-state index is 0. The van der Waals surface area contributed by atoms with Gasteiger partial charge in [-0.1, -0.05) is 0 Å². The van der Waals surface area contributed by atoms with E-state index < -0.39 is 0 Å². The second-order valence-corrected chi connectivity index (χ2v) is 9.31. The molecule has 0 bridgehead atoms. The molecule has 1 aromatic rings. The predicted molar refractivity (Wildman–Crippen MR) is 117 cm³/mol. The van der Waals surface area contributed by atoms with Crippen LogP contribution in [0.4, 0.5) is 0 Å². The fourth-order valence-electron chi connectivity index (χ4n) is 5.03. The Labute approximate surface area is 185 Å². The zero-order chi connectivity index (χ0) is 19.6. The first kappa shape index (κ1) is 21.8. The van der Waals surface area contributed by atoms with Crippen molar-refractivity contribution in [1.82, 2.24) is 15.2 Å². The minimum atomic E-state index is 0. The number of nitrogens with one attached hydrogen (secondary N) is 1. The van der Waals surface area contributed by atoms with Crippen molar-refractivity contribution in [2.75, 3.05) is 46.0 Å². The van der Waals surface area contributed by atoms with Crippen LogP contribution in [0.3, 0.4) is 0 Å². The van der Waals surface area contributed by atoms with Gasteiger partial charge in [0.15, 0.2) is 0 Å². The van der Waals surface area contributed by atoms with Gasteiger partial charge < -0.3 is 19.7 Å². The molecule has 4 heterocycles. The molecule has 0 aromatic carbocycles. The summed E-state index contributed by atoms with van der Waals surface area (Å²) in [4.78, 5) is 20.1. The average Bonchev–Trinajstić information content (AvgIpc) is 3.56. The van der Waals surface area contributed by atoms with E-state index in [2.05, 4.69) is 10.2 Å². The van der Waals surface area contributed by atoms with E-state index >= 15 is 0 Å². The highest BCUT2D eigenvalue weighted by Crippen LogP contribution is 2.40. The number of hydrogen-bond acceptors (Lipinski definition) is 5. The van der Waals surface area contributed by atoms with Crippen molar-refractivity contribution < 1.29 is 14.3 Å². The van der Waals surface area contributed by atoms with Crippen LogP contribution in [-0.2, 0) is 4.74 Å². The van der Waals surface area contributed by atoms with E-state index in [1.165, 1.54) is 12.8 Å². The third kappa shape index (κ3) is 5.09. The first-order valence-corrected chi connectivity index (χ1v) is 11.5. The molecule has 5 rings (SSSR count). The summed E-state index contributed by atoms with van der Waals surface area (Å²) in [6.07, 6.45) is 6.64. The van der Waals surface area contributed by atoms with Crippen LogP contribution in [0.1, 0.15) is 60.5 Å². The van der Waals surface area contributed by atoms with Crippen molar-refractivity contribution in [3.8, 4) is 5.88 Å². The molecule has 2 atom stereocenters. The highest BCUT2D eigenvalue weighted by molar-refractivity contribution is 5.94. The van der Waals surface area contributed by atoms with Gasteiger partial charge in [-0.3, -0.25) is 4.79 Å². The Morgan fingerprint density at radius 2 is 1.77 bits per heavy atom. The number of pyridine rings is 1. The highest BCUT2D eigenvalue weighted by Gasteiger charge is 2.33. The molecule has 1 amide bonds. The molecule has 3 aliphatic heterocycles. The van der Waals surface area contributed by atoms with E-state index in [0.717, 1.165) is 88.2 Å². The molecule has 3 saturated heterocycles. The van der Waals surface area contributed by atoms with Gasteiger partial charge in [0.25, 0.3) is 5.91 Å². The van der Waals surface area contributed by atoms with Crippen LogP contribution in [0.15, 0.2) is 12.1 Å². The number of fused-ring (bicyclic) bond motifs is 1. The van der Waals surface area contributed by atoms with Gasteiger partial charge in [0.1, 0.15) is 0 Å². The van der Waals surface area contributed by atoms with Crippen molar-refractivity contribution in [3.63, 3.8) is 0 Å². The van der Waals surface area contributed by atoms with Crippen LogP contribution in [0, 0.1) is 17.8 Å². The standard InChI is InChI=1S/C23H33N3O3.ClH/c27-23(26-7-3-18-13-24-14-19(18)4-8-26)20-11-21(17-1-2-17)25-22(12-20)29-15-16-5-9-28-10-6-16;/h11-12,16-19,24H,1-10,13-15H2;1H/t18-,19+;. The van der Waals surface area contributed by atoms with Crippen molar-refractivity contribution in [3.05, 3.63) is 23.4 Å². The molecule has 0 radical (unpaired) electrons. The maximum atomic E-state index is 13.3. The number of halogens is 1. The first-order valence-electron chi connectivity index (χ1n) is 11.5. The largest absolute Gasteiger partial charge is 0.477 e. The fourth-order valence-corrected chi connectivity index (χ4v) is 5.03. The van der Waals surface area contributed by atoms with Crippen LogP contribution < -0.4 is 10.1 Å². The van der Waals surface area contributed by atoms with Crippen LogP contribution in [0.25, 0.3) is 0 Å². The number of aromatic nitrogens is 1. The lowest BCUT2D eigenvalue weighted by Crippen LogP contribution is -2.33. The number of amides is 1. The summed E-state index contributed by atoms with van der Waals surface area (Å²) in [6, 6.07) is 3.90. The van der Waals surface area contributed by atoms with Crippen molar-refractivity contribution >= 4 is 18.3 Å². The van der Waals surface area contributed by atoms with E-state index in [1.807, 2.05) is 12.1 Å². The zero-order valence-electron chi connectivity index (χ0n) is 17.7. The summed E-state index contributed by atoms with van der Waals surface area (Å²) in [5.74, 6) is 3.25. The van der Waals surface area contributed by atoms with E-state index in [-0.39, 0.29) is 18.3 Å². The summed E-state index contributed by atoms with van der Waals surface area (Å²) in [6.45, 7) is 6.25. The first-order chi connectivity index (χ1) is 14.3. The molecule has 1 N–H and O–H groups in total. The Morgan fingerprint density at radius 1 is 1.07 bits per heavy atom. The molecular weight excluding hydrogens is 402 g/mol. The zero-order valence-corrected chi connectivity index (χ0v) is 18.5. The van der Waals surface area contributed by atoms with Gasteiger partial charge in [-0.2, -0.15) is 0 Å². The second kappa shape index (κ2) is 9.84.